The first-order valence-electron chi connectivity index (χ1n) is 9.77. The molecular formula is C22H28N4O3. The number of amides is 2. The Morgan fingerprint density at radius 3 is 2.59 bits per heavy atom. The van der Waals surface area contributed by atoms with Gasteiger partial charge in [0.1, 0.15) is 5.75 Å². The molecule has 1 aromatic carbocycles. The fourth-order valence-electron chi connectivity index (χ4n) is 3.85. The van der Waals surface area contributed by atoms with Crippen LogP contribution in [0.3, 0.4) is 0 Å². The quantitative estimate of drug-likeness (QED) is 0.728. The van der Waals surface area contributed by atoms with Crippen LogP contribution in [0.4, 0.5) is 0 Å². The number of nitrogens with zero attached hydrogens (tertiary/aromatic N) is 3. The van der Waals surface area contributed by atoms with Gasteiger partial charge in [0.2, 0.25) is 11.8 Å². The van der Waals surface area contributed by atoms with Gasteiger partial charge in [0.15, 0.2) is 0 Å². The highest BCUT2D eigenvalue weighted by Gasteiger charge is 2.36. The first kappa shape index (κ1) is 20.6. The van der Waals surface area contributed by atoms with Crippen molar-refractivity contribution in [3.8, 4) is 5.75 Å². The summed E-state index contributed by atoms with van der Waals surface area (Å²) in [7, 11) is 1.63. The fourth-order valence-corrected chi connectivity index (χ4v) is 3.85. The molecule has 29 heavy (non-hydrogen) atoms. The van der Waals surface area contributed by atoms with E-state index in [1.54, 1.807) is 7.11 Å². The number of hydrogen-bond acceptors (Lipinski definition) is 4. The number of carbonyl (C=O) groups excluding carboxylic acids is 2. The molecule has 2 heterocycles. The van der Waals surface area contributed by atoms with E-state index in [0.29, 0.717) is 26.1 Å². The van der Waals surface area contributed by atoms with Crippen molar-refractivity contribution in [1.82, 2.24) is 20.0 Å². The van der Waals surface area contributed by atoms with Crippen molar-refractivity contribution in [2.75, 3.05) is 20.2 Å². The van der Waals surface area contributed by atoms with Crippen LogP contribution >= 0.6 is 0 Å². The van der Waals surface area contributed by atoms with E-state index in [1.807, 2.05) is 53.8 Å². The standard InChI is InChI=1S/C22H28N4O3/c1-5-21(27)23-20-14-25(13-19(20)17-6-8-18(29-4)9-7-17)22(28)10-11-26-16(3)12-15(2)24-26/h5-9,12,19-20H,1,10-11,13-14H2,2-4H3,(H,23,27)/t19-,20+/m0/s1. The molecular weight excluding hydrogens is 368 g/mol. The fraction of sp³-hybridized carbons (Fsp3) is 0.409. The third-order valence-corrected chi connectivity index (χ3v) is 5.37. The summed E-state index contributed by atoms with van der Waals surface area (Å²) in [5.74, 6) is 0.621. The van der Waals surface area contributed by atoms with Crippen LogP contribution in [0, 0.1) is 13.8 Å². The number of aryl methyl sites for hydroxylation is 3. The smallest absolute Gasteiger partial charge is 0.243 e. The average molecular weight is 396 g/mol. The zero-order valence-electron chi connectivity index (χ0n) is 17.2. The van der Waals surface area contributed by atoms with E-state index in [1.165, 1.54) is 6.08 Å². The summed E-state index contributed by atoms with van der Waals surface area (Å²) < 4.78 is 7.09. The van der Waals surface area contributed by atoms with Crippen LogP contribution in [0.2, 0.25) is 0 Å². The van der Waals surface area contributed by atoms with Crippen LogP contribution in [-0.4, -0.2) is 52.7 Å². The van der Waals surface area contributed by atoms with Crippen LogP contribution in [-0.2, 0) is 16.1 Å². The first-order chi connectivity index (χ1) is 13.9. The highest BCUT2D eigenvalue weighted by atomic mass is 16.5. The molecule has 1 saturated heterocycles. The van der Waals surface area contributed by atoms with E-state index in [0.717, 1.165) is 22.7 Å². The number of aromatic nitrogens is 2. The molecule has 154 valence electrons. The van der Waals surface area contributed by atoms with Crippen molar-refractivity contribution < 1.29 is 14.3 Å². The second kappa shape index (κ2) is 8.94. The Labute approximate surface area is 171 Å². The topological polar surface area (TPSA) is 76.5 Å². The summed E-state index contributed by atoms with van der Waals surface area (Å²) in [6, 6.07) is 9.61. The molecule has 0 aliphatic carbocycles. The number of ether oxygens (including phenoxy) is 1. The molecule has 2 amide bonds. The van der Waals surface area contributed by atoms with Crippen LogP contribution in [0.1, 0.15) is 29.3 Å². The molecule has 1 N–H and O–H groups in total. The minimum Gasteiger partial charge on any atom is -0.497 e. The lowest BCUT2D eigenvalue weighted by molar-refractivity contribution is -0.130. The van der Waals surface area contributed by atoms with Crippen molar-refractivity contribution in [2.24, 2.45) is 0 Å². The van der Waals surface area contributed by atoms with Gasteiger partial charge in [0.05, 0.1) is 18.8 Å². The summed E-state index contributed by atoms with van der Waals surface area (Å²) >= 11 is 0. The molecule has 7 heteroatoms. The molecule has 3 rings (SSSR count). The average Bonchev–Trinajstić information content (AvgIpc) is 3.28. The van der Waals surface area contributed by atoms with E-state index in [9.17, 15) is 9.59 Å². The molecule has 2 atom stereocenters. The summed E-state index contributed by atoms with van der Waals surface area (Å²) in [6.45, 7) is 9.05. The monoisotopic (exact) mass is 396 g/mol. The maximum atomic E-state index is 12.8. The van der Waals surface area contributed by atoms with Crippen LogP contribution < -0.4 is 10.1 Å². The van der Waals surface area contributed by atoms with Gasteiger partial charge in [0.25, 0.3) is 0 Å². The molecule has 2 aromatic rings. The molecule has 7 nitrogen and oxygen atoms in total. The van der Waals surface area contributed by atoms with E-state index in [2.05, 4.69) is 17.0 Å². The van der Waals surface area contributed by atoms with Gasteiger partial charge in [-0.15, -0.1) is 0 Å². The number of likely N-dealkylation sites (tertiary alicyclic amines) is 1. The highest BCUT2D eigenvalue weighted by molar-refractivity contribution is 5.87. The highest BCUT2D eigenvalue weighted by Crippen LogP contribution is 2.29. The summed E-state index contributed by atoms with van der Waals surface area (Å²) in [4.78, 5) is 26.6. The number of nitrogens with one attached hydrogen (secondary N) is 1. The third-order valence-electron chi connectivity index (χ3n) is 5.37. The maximum absolute atomic E-state index is 12.8. The minimum absolute atomic E-state index is 0.0161. The van der Waals surface area contributed by atoms with E-state index >= 15 is 0 Å². The lowest BCUT2D eigenvalue weighted by Gasteiger charge is -2.19. The summed E-state index contributed by atoms with van der Waals surface area (Å²) in [6.07, 6.45) is 1.64. The molecule has 0 unspecified atom stereocenters. The zero-order valence-corrected chi connectivity index (χ0v) is 17.2. The van der Waals surface area contributed by atoms with Gasteiger partial charge in [-0.3, -0.25) is 14.3 Å². The van der Waals surface area contributed by atoms with Crippen molar-refractivity contribution in [3.05, 3.63) is 59.9 Å². The van der Waals surface area contributed by atoms with Crippen LogP contribution in [0.5, 0.6) is 5.75 Å². The summed E-state index contributed by atoms with van der Waals surface area (Å²) in [5.41, 5.74) is 3.06. The first-order valence-corrected chi connectivity index (χ1v) is 9.77. The predicted octanol–water partition coefficient (Wildman–Crippen LogP) is 2.20. The number of hydrogen-bond donors (Lipinski definition) is 1. The Hall–Kier alpha value is -3.09. The van der Waals surface area contributed by atoms with E-state index in [4.69, 9.17) is 4.74 Å². The zero-order chi connectivity index (χ0) is 21.0. The minimum atomic E-state index is -0.231. The largest absolute Gasteiger partial charge is 0.497 e. The SMILES string of the molecule is C=CC(=O)N[C@@H]1CN(C(=O)CCn2nc(C)cc2C)C[C@H]1c1ccc(OC)cc1. The second-order valence-corrected chi connectivity index (χ2v) is 7.40. The molecule has 1 aliphatic rings. The second-order valence-electron chi connectivity index (χ2n) is 7.40. The predicted molar refractivity (Wildman–Crippen MR) is 111 cm³/mol. The molecule has 1 fully saturated rings. The van der Waals surface area contributed by atoms with Gasteiger partial charge in [-0.2, -0.15) is 5.10 Å². The Morgan fingerprint density at radius 2 is 2.00 bits per heavy atom. The Morgan fingerprint density at radius 1 is 1.28 bits per heavy atom. The van der Waals surface area contributed by atoms with Gasteiger partial charge in [0, 0.05) is 37.7 Å². The Balaban J connectivity index is 1.70. The van der Waals surface area contributed by atoms with Crippen molar-refractivity contribution >= 4 is 11.8 Å². The summed E-state index contributed by atoms with van der Waals surface area (Å²) in [5, 5.41) is 7.40. The molecule has 1 aromatic heterocycles. The molecule has 1 aliphatic heterocycles. The number of benzene rings is 1. The lowest BCUT2D eigenvalue weighted by Crippen LogP contribution is -2.39. The van der Waals surface area contributed by atoms with Crippen molar-refractivity contribution in [1.29, 1.82) is 0 Å². The van der Waals surface area contributed by atoms with Crippen molar-refractivity contribution in [3.63, 3.8) is 0 Å². The Bertz CT molecular complexity index is 888. The molecule has 0 bridgehead atoms. The van der Waals surface area contributed by atoms with Crippen LogP contribution in [0.25, 0.3) is 0 Å². The maximum Gasteiger partial charge on any atom is 0.243 e. The third kappa shape index (κ3) is 4.85. The Kier molecular flexibility index (Phi) is 6.36. The van der Waals surface area contributed by atoms with Gasteiger partial charge in [-0.05, 0) is 43.7 Å². The van der Waals surface area contributed by atoms with Gasteiger partial charge in [-0.25, -0.2) is 0 Å². The van der Waals surface area contributed by atoms with Crippen molar-refractivity contribution in [2.45, 2.75) is 38.8 Å². The van der Waals surface area contributed by atoms with Crippen LogP contribution in [0.15, 0.2) is 43.0 Å². The number of rotatable bonds is 7. The number of carbonyl (C=O) groups is 2. The molecule has 0 saturated carbocycles. The number of methoxy groups -OCH3 is 1. The van der Waals surface area contributed by atoms with Gasteiger partial charge < -0.3 is 15.0 Å². The normalized spacial score (nSPS) is 18.5. The molecule has 0 spiro atoms. The van der Waals surface area contributed by atoms with E-state index < -0.39 is 0 Å². The van der Waals surface area contributed by atoms with Gasteiger partial charge in [-0.1, -0.05) is 18.7 Å². The molecule has 0 radical (unpaired) electrons. The lowest BCUT2D eigenvalue weighted by atomic mass is 9.94. The van der Waals surface area contributed by atoms with Gasteiger partial charge >= 0.3 is 0 Å². The van der Waals surface area contributed by atoms with E-state index in [-0.39, 0.29) is 23.8 Å².